The largest absolute Gasteiger partial charge is 0.519 e. The van der Waals surface area contributed by atoms with E-state index >= 15 is 0 Å². The van der Waals surface area contributed by atoms with Crippen LogP contribution in [0.25, 0.3) is 11.1 Å². The van der Waals surface area contributed by atoms with Gasteiger partial charge in [0.15, 0.2) is 30.1 Å². The molecule has 5 aromatic carbocycles. The second-order valence-electron chi connectivity index (χ2n) is 16.2. The molecule has 1 amide bonds. The van der Waals surface area contributed by atoms with E-state index in [1.54, 1.807) is 24.7 Å². The zero-order valence-electron chi connectivity index (χ0n) is 35.4. The molecular formula is C51H50N4O8. The average Bonchev–Trinajstić information content (AvgIpc) is 3.95. The highest BCUT2D eigenvalue weighted by Crippen LogP contribution is 2.40. The van der Waals surface area contributed by atoms with Gasteiger partial charge in [-0.15, -0.1) is 5.10 Å². The van der Waals surface area contributed by atoms with E-state index in [0.29, 0.717) is 19.4 Å². The lowest BCUT2D eigenvalue weighted by Crippen LogP contribution is -2.46. The van der Waals surface area contributed by atoms with Crippen molar-refractivity contribution in [2.24, 2.45) is 5.41 Å². The van der Waals surface area contributed by atoms with Crippen LogP contribution in [0, 0.1) is 12.3 Å². The van der Waals surface area contributed by atoms with Gasteiger partial charge < -0.3 is 28.4 Å². The lowest BCUT2D eigenvalue weighted by Gasteiger charge is -2.35. The molecule has 1 aliphatic rings. The van der Waals surface area contributed by atoms with E-state index in [1.165, 1.54) is 0 Å². The SMILES string of the molecule is Cc1oc(=O)oc1COC(=O)[C@](C)(COC1CCCCO1)C[C@@H](Cc1ccc(-c2ccccc2)cc1)NC(=O)c1cn(C(c2ccccc2)(c2ccccc2)c2ccccc2)nn1. The number of benzene rings is 5. The van der Waals surface area contributed by atoms with Crippen molar-refractivity contribution < 1.29 is 32.6 Å². The summed E-state index contributed by atoms with van der Waals surface area (Å²) in [6.45, 7) is 3.49. The van der Waals surface area contributed by atoms with Crippen LogP contribution in [0.1, 0.15) is 76.9 Å². The number of nitrogens with zero attached hydrogens (tertiary/aromatic N) is 3. The Bertz CT molecular complexity index is 2530. The summed E-state index contributed by atoms with van der Waals surface area (Å²) in [7, 11) is 0. The smallest absolute Gasteiger partial charge is 0.457 e. The molecule has 8 rings (SSSR count). The van der Waals surface area contributed by atoms with Gasteiger partial charge in [0.05, 0.1) is 18.2 Å². The molecule has 1 fully saturated rings. The monoisotopic (exact) mass is 846 g/mol. The third kappa shape index (κ3) is 9.77. The fourth-order valence-electron chi connectivity index (χ4n) is 8.32. The number of carbonyl (C=O) groups is 2. The van der Waals surface area contributed by atoms with Gasteiger partial charge in [0.25, 0.3) is 5.91 Å². The van der Waals surface area contributed by atoms with Crippen molar-refractivity contribution in [3.05, 3.63) is 202 Å². The Morgan fingerprint density at radius 1 is 0.794 bits per heavy atom. The van der Waals surface area contributed by atoms with Gasteiger partial charge in [0, 0.05) is 12.6 Å². The van der Waals surface area contributed by atoms with Gasteiger partial charge >= 0.3 is 11.8 Å². The third-order valence-electron chi connectivity index (χ3n) is 11.6. The van der Waals surface area contributed by atoms with Crippen molar-refractivity contribution in [1.82, 2.24) is 20.3 Å². The summed E-state index contributed by atoms with van der Waals surface area (Å²) in [5.74, 6) is -1.64. The summed E-state index contributed by atoms with van der Waals surface area (Å²) in [5, 5.41) is 12.4. The molecule has 3 atom stereocenters. The molecule has 0 aliphatic carbocycles. The summed E-state index contributed by atoms with van der Waals surface area (Å²) in [6, 6.07) is 47.6. The number of ether oxygens (including phenoxy) is 3. The highest BCUT2D eigenvalue weighted by atomic mass is 16.7. The highest BCUT2D eigenvalue weighted by Gasteiger charge is 2.42. The molecular weight excluding hydrogens is 797 g/mol. The van der Waals surface area contributed by atoms with E-state index < -0.39 is 41.0 Å². The normalized spacial score (nSPS) is 15.6. The molecule has 1 saturated heterocycles. The van der Waals surface area contributed by atoms with Gasteiger partial charge in [-0.25, -0.2) is 9.48 Å². The minimum Gasteiger partial charge on any atom is -0.457 e. The van der Waals surface area contributed by atoms with Crippen LogP contribution >= 0.6 is 0 Å². The van der Waals surface area contributed by atoms with Gasteiger partial charge in [-0.2, -0.15) is 0 Å². The number of nitrogens with one attached hydrogen (secondary N) is 1. The van der Waals surface area contributed by atoms with Crippen LogP contribution in [-0.4, -0.2) is 52.4 Å². The molecule has 1 aliphatic heterocycles. The maximum absolute atomic E-state index is 14.6. The summed E-state index contributed by atoms with van der Waals surface area (Å²) in [5.41, 5.74) is 3.65. The van der Waals surface area contributed by atoms with Crippen molar-refractivity contribution in [1.29, 1.82) is 0 Å². The number of hydrogen-bond donors (Lipinski definition) is 1. The molecule has 7 aromatic rings. The standard InChI is InChI=1S/C51H50N4O8/c1-36-45(63-49(58)62-36)34-60-48(57)50(2,35-61-46-25-15-16-30-59-46)32-43(31-37-26-28-39(29-27-37)38-17-7-3-8-18-38)52-47(56)44-33-55(54-53-44)51(40-19-9-4-10-20-40,41-21-11-5-12-22-41)42-23-13-6-14-24-42/h3-14,17-24,26-29,33,43,46H,15-16,25,30-32,34-35H2,1-2H3,(H,52,56)/t43-,46?,50+/m1/s1. The molecule has 2 aromatic heterocycles. The number of aryl methyl sites for hydroxylation is 1. The van der Waals surface area contributed by atoms with Crippen LogP contribution in [0.5, 0.6) is 0 Å². The molecule has 0 radical (unpaired) electrons. The van der Waals surface area contributed by atoms with Crippen LogP contribution in [0.15, 0.2) is 165 Å². The van der Waals surface area contributed by atoms with Crippen molar-refractivity contribution in [3.63, 3.8) is 0 Å². The van der Waals surface area contributed by atoms with Crippen molar-refractivity contribution >= 4 is 11.9 Å². The maximum Gasteiger partial charge on any atom is 0.519 e. The lowest BCUT2D eigenvalue weighted by molar-refractivity contribution is -0.191. The summed E-state index contributed by atoms with van der Waals surface area (Å²) >= 11 is 0. The maximum atomic E-state index is 14.6. The molecule has 3 heterocycles. The summed E-state index contributed by atoms with van der Waals surface area (Å²) in [6.07, 6.45) is 4.19. The Balaban J connectivity index is 1.13. The van der Waals surface area contributed by atoms with E-state index in [4.69, 9.17) is 23.0 Å². The minimum absolute atomic E-state index is 0.0614. The van der Waals surface area contributed by atoms with E-state index in [0.717, 1.165) is 46.2 Å². The van der Waals surface area contributed by atoms with Gasteiger partial charge in [0.2, 0.25) is 0 Å². The zero-order valence-corrected chi connectivity index (χ0v) is 35.4. The Morgan fingerprint density at radius 2 is 1.38 bits per heavy atom. The highest BCUT2D eigenvalue weighted by molar-refractivity contribution is 5.92. The first-order valence-corrected chi connectivity index (χ1v) is 21.3. The first-order valence-electron chi connectivity index (χ1n) is 21.3. The number of carbonyl (C=O) groups excluding carboxylic acids is 2. The minimum atomic E-state index is -1.30. The van der Waals surface area contributed by atoms with Crippen LogP contribution in [-0.2, 0) is 37.6 Å². The first kappa shape index (κ1) is 42.8. The number of aromatic nitrogens is 3. The van der Waals surface area contributed by atoms with Crippen molar-refractivity contribution in [2.75, 3.05) is 13.2 Å². The second-order valence-corrected chi connectivity index (χ2v) is 16.2. The molecule has 0 spiro atoms. The zero-order chi connectivity index (χ0) is 43.7. The molecule has 1 N–H and O–H groups in total. The number of rotatable bonds is 17. The van der Waals surface area contributed by atoms with Crippen LogP contribution in [0.4, 0.5) is 0 Å². The first-order chi connectivity index (χ1) is 30.7. The van der Waals surface area contributed by atoms with E-state index in [-0.39, 0.29) is 36.8 Å². The molecule has 63 heavy (non-hydrogen) atoms. The van der Waals surface area contributed by atoms with Gasteiger partial charge in [-0.3, -0.25) is 9.59 Å². The van der Waals surface area contributed by atoms with Gasteiger partial charge in [-0.05, 0) is 79.3 Å². The Labute approximate surface area is 365 Å². The fraction of sp³-hybridized carbons (Fsp3) is 0.275. The second kappa shape index (κ2) is 19.4. The summed E-state index contributed by atoms with van der Waals surface area (Å²) in [4.78, 5) is 40.6. The third-order valence-corrected chi connectivity index (χ3v) is 11.6. The predicted octanol–water partition coefficient (Wildman–Crippen LogP) is 8.66. The average molecular weight is 847 g/mol. The molecule has 1 unspecified atom stereocenters. The van der Waals surface area contributed by atoms with Crippen LogP contribution < -0.4 is 11.1 Å². The topological polar surface area (TPSA) is 148 Å². The Kier molecular flexibility index (Phi) is 13.2. The Morgan fingerprint density at radius 3 is 1.94 bits per heavy atom. The molecule has 0 saturated carbocycles. The van der Waals surface area contributed by atoms with Crippen LogP contribution in [0.2, 0.25) is 0 Å². The van der Waals surface area contributed by atoms with Gasteiger partial charge in [-0.1, -0.05) is 151 Å². The number of hydrogen-bond acceptors (Lipinski definition) is 10. The van der Waals surface area contributed by atoms with E-state index in [9.17, 15) is 14.4 Å². The summed E-state index contributed by atoms with van der Waals surface area (Å²) < 4.78 is 29.8. The molecule has 322 valence electrons. The van der Waals surface area contributed by atoms with Crippen LogP contribution in [0.3, 0.4) is 0 Å². The van der Waals surface area contributed by atoms with E-state index in [1.807, 2.05) is 133 Å². The fourth-order valence-corrected chi connectivity index (χ4v) is 8.32. The number of amides is 1. The number of esters is 1. The van der Waals surface area contributed by atoms with Gasteiger partial charge in [0.1, 0.15) is 5.54 Å². The molecule has 0 bridgehead atoms. The quantitative estimate of drug-likeness (QED) is 0.0698. The predicted molar refractivity (Wildman–Crippen MR) is 236 cm³/mol. The van der Waals surface area contributed by atoms with E-state index in [2.05, 4.69) is 27.8 Å². The Hall–Kier alpha value is -6.89. The van der Waals surface area contributed by atoms with Crippen molar-refractivity contribution in [3.8, 4) is 11.1 Å². The molecule has 12 nitrogen and oxygen atoms in total. The lowest BCUT2D eigenvalue weighted by atomic mass is 9.77. The molecule has 12 heteroatoms. The van der Waals surface area contributed by atoms with Crippen molar-refractivity contribution in [2.45, 2.75) is 70.4 Å².